The van der Waals surface area contributed by atoms with Crippen molar-refractivity contribution in [2.75, 3.05) is 0 Å². The van der Waals surface area contributed by atoms with E-state index < -0.39 is 5.97 Å². The fraction of sp³-hybridized carbons (Fsp3) is 0.500. The fourth-order valence-electron chi connectivity index (χ4n) is 2.06. The van der Waals surface area contributed by atoms with Crippen LogP contribution < -0.4 is 0 Å². The van der Waals surface area contributed by atoms with Crippen LogP contribution >= 0.6 is 0 Å². The van der Waals surface area contributed by atoms with Crippen LogP contribution in [0.2, 0.25) is 0 Å². The van der Waals surface area contributed by atoms with Crippen LogP contribution in [0.5, 0.6) is 0 Å². The van der Waals surface area contributed by atoms with Crippen LogP contribution in [-0.4, -0.2) is 35.9 Å². The molecule has 0 aliphatic carbocycles. The molecule has 0 aliphatic rings. The van der Waals surface area contributed by atoms with Gasteiger partial charge in [-0.1, -0.05) is 26.0 Å². The van der Waals surface area contributed by atoms with E-state index in [4.69, 9.17) is 0 Å². The highest BCUT2D eigenvalue weighted by atomic mass is 16.4. The highest BCUT2D eigenvalue weighted by Gasteiger charge is 2.30. The summed E-state index contributed by atoms with van der Waals surface area (Å²) in [6, 6.07) is 0. The zero-order valence-electron chi connectivity index (χ0n) is 11.7. The van der Waals surface area contributed by atoms with Gasteiger partial charge >= 0.3 is 5.97 Å². The molecule has 0 unspecified atom stereocenters. The molecule has 7 heteroatoms. The lowest BCUT2D eigenvalue weighted by atomic mass is 9.90. The molecule has 0 aromatic carbocycles. The molecule has 0 saturated carbocycles. The summed E-state index contributed by atoms with van der Waals surface area (Å²) in [7, 11) is 1.81. The predicted octanol–water partition coefficient (Wildman–Crippen LogP) is 1.30. The molecule has 2 aromatic rings. The smallest absolute Gasteiger partial charge is 0.358 e. The zero-order valence-corrected chi connectivity index (χ0v) is 11.7. The standard InChI is InChI=1S/C12H17N5O2/c1-7-8(6-16(5)14-7)17-10(12(2,3)4)9(11(18)19)13-15-17/h6H,1-5H3,(H,18,19). The van der Waals surface area contributed by atoms with Crippen LogP contribution in [0.15, 0.2) is 6.20 Å². The molecule has 19 heavy (non-hydrogen) atoms. The van der Waals surface area contributed by atoms with Gasteiger partial charge in [0.2, 0.25) is 0 Å². The summed E-state index contributed by atoms with van der Waals surface area (Å²) in [5.74, 6) is -1.07. The van der Waals surface area contributed by atoms with E-state index in [0.29, 0.717) is 5.69 Å². The number of aromatic nitrogens is 5. The lowest BCUT2D eigenvalue weighted by Gasteiger charge is -2.19. The van der Waals surface area contributed by atoms with Crippen molar-refractivity contribution in [1.82, 2.24) is 24.8 Å². The van der Waals surface area contributed by atoms with Gasteiger partial charge in [-0.2, -0.15) is 5.10 Å². The molecular weight excluding hydrogens is 246 g/mol. The molecule has 2 aromatic heterocycles. The first-order chi connectivity index (χ1) is 8.71. The second-order valence-electron chi connectivity index (χ2n) is 5.53. The molecule has 0 saturated heterocycles. The molecule has 0 bridgehead atoms. The van der Waals surface area contributed by atoms with Crippen LogP contribution in [0.4, 0.5) is 0 Å². The van der Waals surface area contributed by atoms with Crippen molar-refractivity contribution in [1.29, 1.82) is 0 Å². The molecule has 2 heterocycles. The maximum absolute atomic E-state index is 11.3. The number of aryl methyl sites for hydroxylation is 2. The van der Waals surface area contributed by atoms with Crippen LogP contribution in [0.25, 0.3) is 5.69 Å². The largest absolute Gasteiger partial charge is 0.476 e. The monoisotopic (exact) mass is 263 g/mol. The zero-order chi connectivity index (χ0) is 14.4. The number of carboxylic acids is 1. The third-order valence-electron chi connectivity index (χ3n) is 2.80. The summed E-state index contributed by atoms with van der Waals surface area (Å²) in [5, 5.41) is 21.2. The maximum atomic E-state index is 11.3. The molecule has 7 nitrogen and oxygen atoms in total. The minimum atomic E-state index is -1.07. The Labute approximate surface area is 110 Å². The first-order valence-electron chi connectivity index (χ1n) is 5.92. The van der Waals surface area contributed by atoms with Crippen molar-refractivity contribution in [3.8, 4) is 5.69 Å². The molecular formula is C12H17N5O2. The lowest BCUT2D eigenvalue weighted by Crippen LogP contribution is -2.21. The van der Waals surface area contributed by atoms with E-state index in [2.05, 4.69) is 15.4 Å². The maximum Gasteiger partial charge on any atom is 0.358 e. The second kappa shape index (κ2) is 4.18. The molecule has 0 fully saturated rings. The molecule has 102 valence electrons. The van der Waals surface area contributed by atoms with Crippen molar-refractivity contribution in [2.45, 2.75) is 33.1 Å². The van der Waals surface area contributed by atoms with Gasteiger partial charge in [0, 0.05) is 12.5 Å². The Morgan fingerprint density at radius 2 is 2.00 bits per heavy atom. The third-order valence-corrected chi connectivity index (χ3v) is 2.80. The van der Waals surface area contributed by atoms with Crippen molar-refractivity contribution in [2.24, 2.45) is 7.05 Å². The highest BCUT2D eigenvalue weighted by molar-refractivity contribution is 5.87. The highest BCUT2D eigenvalue weighted by Crippen LogP contribution is 2.27. The van der Waals surface area contributed by atoms with Gasteiger partial charge in [-0.3, -0.25) is 4.68 Å². The molecule has 1 N–H and O–H groups in total. The predicted molar refractivity (Wildman–Crippen MR) is 68.5 cm³/mol. The fourth-order valence-corrected chi connectivity index (χ4v) is 2.06. The first-order valence-corrected chi connectivity index (χ1v) is 5.92. The molecule has 0 atom stereocenters. The van der Waals surface area contributed by atoms with Crippen molar-refractivity contribution in [3.63, 3.8) is 0 Å². The Balaban J connectivity index is 2.72. The van der Waals surface area contributed by atoms with Gasteiger partial charge in [0.25, 0.3) is 0 Å². The minimum Gasteiger partial charge on any atom is -0.476 e. The summed E-state index contributed by atoms with van der Waals surface area (Å²) < 4.78 is 3.23. The Kier molecular flexibility index (Phi) is 2.92. The average Bonchev–Trinajstić information content (AvgIpc) is 2.80. The summed E-state index contributed by atoms with van der Waals surface area (Å²) in [6.07, 6.45) is 1.80. The van der Waals surface area contributed by atoms with E-state index >= 15 is 0 Å². The van der Waals surface area contributed by atoms with Gasteiger partial charge in [-0.25, -0.2) is 9.48 Å². The van der Waals surface area contributed by atoms with Crippen LogP contribution in [0.1, 0.15) is 42.6 Å². The SMILES string of the molecule is Cc1nn(C)cc1-n1nnc(C(=O)O)c1C(C)(C)C. The Bertz CT molecular complexity index is 633. The first kappa shape index (κ1) is 13.3. The number of hydrogen-bond acceptors (Lipinski definition) is 4. The van der Waals surface area contributed by atoms with E-state index in [1.165, 1.54) is 0 Å². The molecule has 0 radical (unpaired) electrons. The number of carboxylic acid groups (broad SMARTS) is 1. The van der Waals surface area contributed by atoms with Crippen LogP contribution in [-0.2, 0) is 12.5 Å². The lowest BCUT2D eigenvalue weighted by molar-refractivity contribution is 0.0687. The van der Waals surface area contributed by atoms with E-state index in [1.54, 1.807) is 15.6 Å². The Hall–Kier alpha value is -2.18. The number of hydrogen-bond donors (Lipinski definition) is 1. The van der Waals surface area contributed by atoms with Gasteiger partial charge in [-0.15, -0.1) is 5.10 Å². The van der Waals surface area contributed by atoms with E-state index in [-0.39, 0.29) is 11.1 Å². The van der Waals surface area contributed by atoms with Gasteiger partial charge in [0.1, 0.15) is 5.69 Å². The molecule has 0 aliphatic heterocycles. The van der Waals surface area contributed by atoms with E-state index in [0.717, 1.165) is 11.4 Å². The third kappa shape index (κ3) is 2.23. The minimum absolute atomic E-state index is 0.0178. The Morgan fingerprint density at radius 3 is 2.42 bits per heavy atom. The van der Waals surface area contributed by atoms with Crippen molar-refractivity contribution >= 4 is 5.97 Å². The summed E-state index contributed by atoms with van der Waals surface area (Å²) in [6.45, 7) is 7.64. The number of nitrogens with zero attached hydrogens (tertiary/aromatic N) is 5. The molecule has 0 amide bonds. The van der Waals surface area contributed by atoms with Gasteiger partial charge in [0.15, 0.2) is 5.69 Å². The normalized spacial score (nSPS) is 11.8. The number of rotatable bonds is 2. The quantitative estimate of drug-likeness (QED) is 0.882. The molecule has 2 rings (SSSR count). The number of carbonyl (C=O) groups is 1. The van der Waals surface area contributed by atoms with E-state index in [1.807, 2.05) is 34.7 Å². The topological polar surface area (TPSA) is 85.8 Å². The number of aromatic carboxylic acids is 1. The van der Waals surface area contributed by atoms with Crippen LogP contribution in [0.3, 0.4) is 0 Å². The summed E-state index contributed by atoms with van der Waals surface area (Å²) in [5.41, 5.74) is 1.67. The summed E-state index contributed by atoms with van der Waals surface area (Å²) in [4.78, 5) is 11.3. The molecule has 0 spiro atoms. The van der Waals surface area contributed by atoms with Gasteiger partial charge in [-0.05, 0) is 6.92 Å². The van der Waals surface area contributed by atoms with Crippen molar-refractivity contribution < 1.29 is 9.90 Å². The Morgan fingerprint density at radius 1 is 1.37 bits per heavy atom. The summed E-state index contributed by atoms with van der Waals surface area (Å²) >= 11 is 0. The van der Waals surface area contributed by atoms with Gasteiger partial charge < -0.3 is 5.11 Å². The van der Waals surface area contributed by atoms with Crippen molar-refractivity contribution in [3.05, 3.63) is 23.3 Å². The van der Waals surface area contributed by atoms with Crippen LogP contribution in [0, 0.1) is 6.92 Å². The van der Waals surface area contributed by atoms with E-state index in [9.17, 15) is 9.90 Å². The van der Waals surface area contributed by atoms with Gasteiger partial charge in [0.05, 0.1) is 17.6 Å². The average molecular weight is 263 g/mol. The second-order valence-corrected chi connectivity index (χ2v) is 5.53.